The first kappa shape index (κ1) is 21.7. The van der Waals surface area contributed by atoms with Crippen molar-refractivity contribution in [1.29, 1.82) is 0 Å². The van der Waals surface area contributed by atoms with E-state index in [1.54, 1.807) is 0 Å². The van der Waals surface area contributed by atoms with E-state index in [4.69, 9.17) is 9.84 Å². The van der Waals surface area contributed by atoms with Crippen LogP contribution in [0.5, 0.6) is 0 Å². The first-order valence-corrected chi connectivity index (χ1v) is 8.08. The lowest BCUT2D eigenvalue weighted by Gasteiger charge is -2.14. The third kappa shape index (κ3) is 9.61. The van der Waals surface area contributed by atoms with E-state index in [2.05, 4.69) is 11.1 Å². The highest BCUT2D eigenvalue weighted by atomic mass is 16.5. The molecule has 2 aromatic carbocycles. The van der Waals surface area contributed by atoms with Gasteiger partial charge in [-0.2, -0.15) is 0 Å². The fourth-order valence-electron chi connectivity index (χ4n) is 1.96. The molecule has 5 N–H and O–H groups in total. The summed E-state index contributed by atoms with van der Waals surface area (Å²) in [6.07, 6.45) is -0.538. The predicted molar refractivity (Wildman–Crippen MR) is 98.0 cm³/mol. The molecule has 2 aromatic rings. The van der Waals surface area contributed by atoms with E-state index < -0.39 is 24.1 Å². The van der Waals surface area contributed by atoms with Crippen molar-refractivity contribution in [1.82, 2.24) is 5.32 Å². The molecule has 0 saturated heterocycles. The molecule has 0 radical (unpaired) electrons. The Kier molecular flexibility index (Phi) is 9.66. The summed E-state index contributed by atoms with van der Waals surface area (Å²) in [7, 11) is 0. The zero-order chi connectivity index (χ0) is 20.1. The topological polar surface area (TPSA) is 139 Å². The molecule has 27 heavy (non-hydrogen) atoms. The summed E-state index contributed by atoms with van der Waals surface area (Å²) in [6.45, 7) is -0.176. The molecule has 8 nitrogen and oxygen atoms in total. The number of amides is 1. The fourth-order valence-corrected chi connectivity index (χ4v) is 1.96. The van der Waals surface area contributed by atoms with Crippen molar-refractivity contribution in [3.8, 4) is 0 Å². The maximum atomic E-state index is 11.7. The Morgan fingerprint density at radius 3 is 1.85 bits per heavy atom. The molecular weight excluding hydrogens is 352 g/mol. The molecule has 0 aromatic heterocycles. The molecule has 2 rings (SSSR count). The Labute approximate surface area is 156 Å². The van der Waals surface area contributed by atoms with Gasteiger partial charge in [-0.15, -0.1) is 0 Å². The van der Waals surface area contributed by atoms with Crippen molar-refractivity contribution < 1.29 is 29.3 Å². The third-order valence-electron chi connectivity index (χ3n) is 3.26. The van der Waals surface area contributed by atoms with Gasteiger partial charge in [0.05, 0.1) is 6.54 Å². The second kappa shape index (κ2) is 12.0. The van der Waals surface area contributed by atoms with Crippen LogP contribution in [-0.4, -0.2) is 40.8 Å². The molecule has 8 heteroatoms. The van der Waals surface area contributed by atoms with Crippen LogP contribution in [0.15, 0.2) is 60.7 Å². The number of carboxylic acid groups (broad SMARTS) is 2. The largest absolute Gasteiger partial charge is 0.480 e. The summed E-state index contributed by atoms with van der Waals surface area (Å²) in [5.74, 6) is -2.06. The number of nitrogens with one attached hydrogen (secondary N) is 1. The minimum atomic E-state index is -1.10. The van der Waals surface area contributed by atoms with Crippen LogP contribution in [0.4, 0.5) is 4.79 Å². The van der Waals surface area contributed by atoms with Crippen LogP contribution < -0.4 is 11.1 Å². The van der Waals surface area contributed by atoms with Gasteiger partial charge in [-0.3, -0.25) is 4.79 Å². The monoisotopic (exact) mass is 374 g/mol. The lowest BCUT2D eigenvalue weighted by molar-refractivity contribution is -0.139. The molecule has 0 aliphatic rings. The summed E-state index contributed by atoms with van der Waals surface area (Å²) in [5.41, 5.74) is 6.24. The number of alkyl carbamates (subject to hydrolysis) is 1. The lowest BCUT2D eigenvalue weighted by Crippen LogP contribution is -2.42. The number of nitrogens with two attached hydrogens (primary N) is 1. The maximum absolute atomic E-state index is 11.7. The molecule has 0 bridgehead atoms. The van der Waals surface area contributed by atoms with E-state index in [0.717, 1.165) is 11.1 Å². The summed E-state index contributed by atoms with van der Waals surface area (Å²) >= 11 is 0. The zero-order valence-electron chi connectivity index (χ0n) is 14.6. The Balaban J connectivity index is 0.000000646. The van der Waals surface area contributed by atoms with Gasteiger partial charge in [0.2, 0.25) is 0 Å². The highest BCUT2D eigenvalue weighted by Crippen LogP contribution is 2.05. The lowest BCUT2D eigenvalue weighted by atomic mass is 10.1. The highest BCUT2D eigenvalue weighted by molar-refractivity contribution is 5.80. The standard InChI is InChI=1S/C17H17NO4.C2H5NO2/c19-16(20)15(11-13-7-3-1-4-8-13)18-17(21)22-12-14-9-5-2-6-10-14;3-1-2(4)5/h1-10,15H,11-12H2,(H,18,21)(H,19,20);1,3H2,(H,4,5)/t15-;/m0./s1. The van der Waals surface area contributed by atoms with Gasteiger partial charge in [0.15, 0.2) is 0 Å². The van der Waals surface area contributed by atoms with E-state index in [0.29, 0.717) is 0 Å². The van der Waals surface area contributed by atoms with Crippen molar-refractivity contribution in [2.24, 2.45) is 5.73 Å². The van der Waals surface area contributed by atoms with Crippen LogP contribution in [0, 0.1) is 0 Å². The highest BCUT2D eigenvalue weighted by Gasteiger charge is 2.21. The van der Waals surface area contributed by atoms with Gasteiger partial charge in [-0.1, -0.05) is 60.7 Å². The van der Waals surface area contributed by atoms with Crippen molar-refractivity contribution >= 4 is 18.0 Å². The number of rotatable bonds is 7. The average molecular weight is 374 g/mol. The Bertz CT molecular complexity index is 721. The van der Waals surface area contributed by atoms with E-state index in [-0.39, 0.29) is 19.6 Å². The van der Waals surface area contributed by atoms with Crippen molar-refractivity contribution in [2.45, 2.75) is 19.1 Å². The first-order valence-electron chi connectivity index (χ1n) is 8.08. The number of ether oxygens (including phenoxy) is 1. The number of aliphatic carboxylic acids is 2. The first-order chi connectivity index (χ1) is 12.9. The van der Waals surface area contributed by atoms with Crippen LogP contribution in [-0.2, 0) is 27.4 Å². The zero-order valence-corrected chi connectivity index (χ0v) is 14.6. The number of hydrogen-bond donors (Lipinski definition) is 4. The molecule has 0 fully saturated rings. The van der Waals surface area contributed by atoms with E-state index in [1.165, 1.54) is 0 Å². The summed E-state index contributed by atoms with van der Waals surface area (Å²) in [4.78, 5) is 32.2. The van der Waals surface area contributed by atoms with Gasteiger partial charge >= 0.3 is 18.0 Å². The van der Waals surface area contributed by atoms with Crippen LogP contribution in [0.25, 0.3) is 0 Å². The normalized spacial score (nSPS) is 10.7. The van der Waals surface area contributed by atoms with Crippen LogP contribution in [0.3, 0.4) is 0 Å². The Morgan fingerprint density at radius 2 is 1.41 bits per heavy atom. The fraction of sp³-hybridized carbons (Fsp3) is 0.211. The predicted octanol–water partition coefficient (Wildman–Crippen LogP) is 1.64. The van der Waals surface area contributed by atoms with Gasteiger partial charge in [-0.25, -0.2) is 9.59 Å². The van der Waals surface area contributed by atoms with E-state index in [9.17, 15) is 19.5 Å². The van der Waals surface area contributed by atoms with Crippen molar-refractivity contribution in [3.05, 3.63) is 71.8 Å². The molecule has 1 atom stereocenters. The van der Waals surface area contributed by atoms with Crippen LogP contribution >= 0.6 is 0 Å². The minimum absolute atomic E-state index is 0.102. The number of benzene rings is 2. The molecular formula is C19H22N2O6. The molecule has 0 aliphatic heterocycles. The van der Waals surface area contributed by atoms with Gasteiger partial charge in [-0.05, 0) is 11.1 Å². The SMILES string of the molecule is NCC(=O)O.O=C(N[C@@H](Cc1ccccc1)C(=O)O)OCc1ccccc1. The number of hydrogen-bond acceptors (Lipinski definition) is 5. The van der Waals surface area contributed by atoms with Gasteiger partial charge in [0, 0.05) is 6.42 Å². The van der Waals surface area contributed by atoms with Gasteiger partial charge in [0.25, 0.3) is 0 Å². The molecule has 144 valence electrons. The Hall–Kier alpha value is -3.39. The van der Waals surface area contributed by atoms with E-state index >= 15 is 0 Å². The van der Waals surface area contributed by atoms with Gasteiger partial charge in [0.1, 0.15) is 12.6 Å². The van der Waals surface area contributed by atoms with E-state index in [1.807, 2.05) is 60.7 Å². The van der Waals surface area contributed by atoms with Crippen molar-refractivity contribution in [3.63, 3.8) is 0 Å². The molecule has 0 heterocycles. The summed E-state index contributed by atoms with van der Waals surface area (Å²) in [5, 5.41) is 19.2. The number of carbonyl (C=O) groups is 3. The third-order valence-corrected chi connectivity index (χ3v) is 3.26. The number of carboxylic acids is 2. The molecule has 1 amide bonds. The second-order valence-electron chi connectivity index (χ2n) is 5.38. The quantitative estimate of drug-likeness (QED) is 0.578. The van der Waals surface area contributed by atoms with Crippen LogP contribution in [0.2, 0.25) is 0 Å². The molecule has 0 unspecified atom stereocenters. The number of carbonyl (C=O) groups excluding carboxylic acids is 1. The second-order valence-corrected chi connectivity index (χ2v) is 5.38. The maximum Gasteiger partial charge on any atom is 0.408 e. The molecule has 0 saturated carbocycles. The summed E-state index contributed by atoms with van der Waals surface area (Å²) < 4.78 is 5.03. The Morgan fingerprint density at radius 1 is 0.926 bits per heavy atom. The molecule has 0 spiro atoms. The van der Waals surface area contributed by atoms with Gasteiger partial charge < -0.3 is 26.0 Å². The van der Waals surface area contributed by atoms with Crippen LogP contribution in [0.1, 0.15) is 11.1 Å². The minimum Gasteiger partial charge on any atom is -0.480 e. The average Bonchev–Trinajstić information content (AvgIpc) is 2.68. The molecule has 0 aliphatic carbocycles. The summed E-state index contributed by atoms with van der Waals surface area (Å²) in [6, 6.07) is 17.3. The van der Waals surface area contributed by atoms with Crippen molar-refractivity contribution in [2.75, 3.05) is 6.54 Å². The smallest absolute Gasteiger partial charge is 0.408 e.